The van der Waals surface area contributed by atoms with Crippen LogP contribution in [0.3, 0.4) is 0 Å². The molecule has 32 heavy (non-hydrogen) atoms. The first kappa shape index (κ1) is 22.3. The molecular formula is C23H28N2O7. The van der Waals surface area contributed by atoms with Crippen molar-refractivity contribution in [2.24, 2.45) is 0 Å². The van der Waals surface area contributed by atoms with Gasteiger partial charge in [-0.15, -0.1) is 0 Å². The lowest BCUT2D eigenvalue weighted by molar-refractivity contribution is -0.198. The molecule has 1 aromatic carbocycles. The maximum atomic E-state index is 13.1. The van der Waals surface area contributed by atoms with Gasteiger partial charge in [-0.25, -0.2) is 15.1 Å². The summed E-state index contributed by atoms with van der Waals surface area (Å²) < 4.78 is 16.5. The molecule has 0 aliphatic carbocycles. The summed E-state index contributed by atoms with van der Waals surface area (Å²) in [6.07, 6.45) is 5.75. The van der Waals surface area contributed by atoms with Crippen molar-refractivity contribution in [1.82, 2.24) is 10.4 Å². The number of carbonyl (C=O) groups excluding carboxylic acids is 3. The van der Waals surface area contributed by atoms with Crippen molar-refractivity contribution in [2.75, 3.05) is 26.3 Å². The molecule has 2 fully saturated rings. The van der Waals surface area contributed by atoms with E-state index in [0.29, 0.717) is 56.0 Å². The van der Waals surface area contributed by atoms with Crippen LogP contribution in [0.15, 0.2) is 24.3 Å². The molecule has 1 spiro atoms. The topological polar surface area (TPSA) is 103 Å². The number of hydrogen-bond acceptors (Lipinski definition) is 7. The Hall–Kier alpha value is -2.91. The Bertz CT molecular complexity index is 900. The van der Waals surface area contributed by atoms with E-state index in [4.69, 9.17) is 19.0 Å². The van der Waals surface area contributed by atoms with Gasteiger partial charge in [0.1, 0.15) is 5.75 Å². The predicted molar refractivity (Wildman–Crippen MR) is 114 cm³/mol. The minimum Gasteiger partial charge on any atom is -0.478 e. The van der Waals surface area contributed by atoms with Crippen LogP contribution in [0, 0.1) is 0 Å². The molecule has 0 aromatic heterocycles. The first-order chi connectivity index (χ1) is 15.5. The van der Waals surface area contributed by atoms with Crippen LogP contribution in [0.25, 0.3) is 6.08 Å². The standard InChI is InChI=1S/C23H28N2O7/c1-2-29-22(28)25-12-10-23(11-13-25)21(27)17-15-16(6-8-18(17)31-23)7-9-19(26)24-32-20-5-3-4-14-30-20/h6-9,15,20H,2-5,10-14H2,1H3,(H,24,26). The number of fused-ring (bicyclic) bond motifs is 1. The number of Topliss-reactive ketones (excluding diaryl/α,β-unsaturated/α-hetero) is 1. The van der Waals surface area contributed by atoms with E-state index >= 15 is 0 Å². The van der Waals surface area contributed by atoms with Gasteiger partial charge >= 0.3 is 6.09 Å². The van der Waals surface area contributed by atoms with Crippen LogP contribution < -0.4 is 10.2 Å². The molecule has 0 bridgehead atoms. The number of likely N-dealkylation sites (tertiary alicyclic amines) is 1. The summed E-state index contributed by atoms with van der Waals surface area (Å²) in [7, 11) is 0. The second kappa shape index (κ2) is 9.70. The van der Waals surface area contributed by atoms with Crippen molar-refractivity contribution < 1.29 is 33.4 Å². The van der Waals surface area contributed by atoms with E-state index in [1.54, 1.807) is 36.1 Å². The molecule has 0 saturated carbocycles. The molecular weight excluding hydrogens is 416 g/mol. The van der Waals surface area contributed by atoms with E-state index < -0.39 is 17.8 Å². The van der Waals surface area contributed by atoms with Crippen LogP contribution in [0.4, 0.5) is 4.79 Å². The van der Waals surface area contributed by atoms with E-state index in [9.17, 15) is 14.4 Å². The number of hydroxylamine groups is 1. The van der Waals surface area contributed by atoms with Crippen LogP contribution in [0.1, 0.15) is 54.9 Å². The molecule has 2 amide bonds. The van der Waals surface area contributed by atoms with Crippen molar-refractivity contribution in [1.29, 1.82) is 0 Å². The number of ether oxygens (including phenoxy) is 3. The quantitative estimate of drug-likeness (QED) is 0.550. The molecule has 1 N–H and O–H groups in total. The second-order valence-corrected chi connectivity index (χ2v) is 8.08. The largest absolute Gasteiger partial charge is 0.478 e. The van der Waals surface area contributed by atoms with Gasteiger partial charge in [-0.1, -0.05) is 6.07 Å². The zero-order valence-corrected chi connectivity index (χ0v) is 18.1. The third kappa shape index (κ3) is 4.78. The van der Waals surface area contributed by atoms with Crippen LogP contribution in [-0.4, -0.2) is 60.9 Å². The smallest absolute Gasteiger partial charge is 0.409 e. The zero-order valence-electron chi connectivity index (χ0n) is 18.1. The van der Waals surface area contributed by atoms with Crippen molar-refractivity contribution >= 4 is 23.9 Å². The van der Waals surface area contributed by atoms with E-state index in [1.807, 2.05) is 0 Å². The van der Waals surface area contributed by atoms with Gasteiger partial charge in [-0.3, -0.25) is 9.59 Å². The maximum absolute atomic E-state index is 13.1. The van der Waals surface area contributed by atoms with Gasteiger partial charge in [0, 0.05) is 45.0 Å². The average molecular weight is 444 g/mol. The van der Waals surface area contributed by atoms with Crippen molar-refractivity contribution in [3.05, 3.63) is 35.4 Å². The van der Waals surface area contributed by atoms with E-state index in [0.717, 1.165) is 19.3 Å². The molecule has 3 aliphatic heterocycles. The van der Waals surface area contributed by atoms with Crippen LogP contribution in [0.5, 0.6) is 5.75 Å². The van der Waals surface area contributed by atoms with Gasteiger partial charge in [0.05, 0.1) is 12.2 Å². The molecule has 1 unspecified atom stereocenters. The third-order valence-corrected chi connectivity index (χ3v) is 5.92. The Balaban J connectivity index is 1.34. The van der Waals surface area contributed by atoms with Gasteiger partial charge < -0.3 is 19.1 Å². The molecule has 172 valence electrons. The fourth-order valence-electron chi connectivity index (χ4n) is 4.15. The fourth-order valence-corrected chi connectivity index (χ4v) is 4.15. The van der Waals surface area contributed by atoms with Crippen LogP contribution >= 0.6 is 0 Å². The zero-order chi connectivity index (χ0) is 22.6. The summed E-state index contributed by atoms with van der Waals surface area (Å²) in [5.74, 6) is 0.0255. The van der Waals surface area contributed by atoms with E-state index in [1.165, 1.54) is 6.08 Å². The minimum atomic E-state index is -0.946. The molecule has 9 nitrogen and oxygen atoms in total. The Kier molecular flexibility index (Phi) is 6.76. The molecule has 9 heteroatoms. The Morgan fingerprint density at radius 2 is 2.09 bits per heavy atom. The normalized spacial score (nSPS) is 22.0. The Morgan fingerprint density at radius 1 is 1.28 bits per heavy atom. The summed E-state index contributed by atoms with van der Waals surface area (Å²) in [4.78, 5) is 44.0. The summed E-state index contributed by atoms with van der Waals surface area (Å²) in [6.45, 7) is 3.50. The highest BCUT2D eigenvalue weighted by atomic mass is 16.8. The maximum Gasteiger partial charge on any atom is 0.409 e. The van der Waals surface area contributed by atoms with Gasteiger partial charge in [-0.2, -0.15) is 0 Å². The summed E-state index contributed by atoms with van der Waals surface area (Å²) in [5.41, 5.74) is 2.61. The van der Waals surface area contributed by atoms with Gasteiger partial charge in [0.15, 0.2) is 11.9 Å². The van der Waals surface area contributed by atoms with Crippen LogP contribution in [0.2, 0.25) is 0 Å². The van der Waals surface area contributed by atoms with Crippen molar-refractivity contribution in [3.8, 4) is 5.75 Å². The molecule has 3 aliphatic rings. The monoisotopic (exact) mass is 444 g/mol. The van der Waals surface area contributed by atoms with Crippen LogP contribution in [-0.2, 0) is 19.1 Å². The number of nitrogens with zero attached hydrogens (tertiary/aromatic N) is 1. The highest BCUT2D eigenvalue weighted by Crippen LogP contribution is 2.41. The fraction of sp³-hybridized carbons (Fsp3) is 0.522. The first-order valence-corrected chi connectivity index (χ1v) is 11.1. The average Bonchev–Trinajstić information content (AvgIpc) is 3.08. The lowest BCUT2D eigenvalue weighted by Crippen LogP contribution is -2.52. The predicted octanol–water partition coefficient (Wildman–Crippen LogP) is 2.84. The molecule has 1 atom stereocenters. The molecule has 0 radical (unpaired) electrons. The number of rotatable bonds is 5. The van der Waals surface area contributed by atoms with Crippen molar-refractivity contribution in [3.63, 3.8) is 0 Å². The van der Waals surface area contributed by atoms with E-state index in [2.05, 4.69) is 5.48 Å². The Morgan fingerprint density at radius 3 is 2.81 bits per heavy atom. The van der Waals surface area contributed by atoms with Gasteiger partial charge in [0.25, 0.3) is 5.91 Å². The molecule has 4 rings (SSSR count). The third-order valence-electron chi connectivity index (χ3n) is 5.92. The summed E-state index contributed by atoms with van der Waals surface area (Å²) in [6, 6.07) is 5.25. The van der Waals surface area contributed by atoms with Crippen molar-refractivity contribution in [2.45, 2.75) is 50.9 Å². The number of benzene rings is 1. The molecule has 2 saturated heterocycles. The first-order valence-electron chi connectivity index (χ1n) is 11.1. The summed E-state index contributed by atoms with van der Waals surface area (Å²) >= 11 is 0. The van der Waals surface area contributed by atoms with E-state index in [-0.39, 0.29) is 11.9 Å². The number of amides is 2. The molecule has 3 heterocycles. The molecule has 1 aromatic rings. The SMILES string of the molecule is CCOC(=O)N1CCC2(CC1)Oc1ccc(C=CC(=O)NOC3CCCCO3)cc1C2=O. The number of hydrogen-bond donors (Lipinski definition) is 1. The number of carbonyl (C=O) groups is 3. The second-order valence-electron chi connectivity index (χ2n) is 8.08. The summed E-state index contributed by atoms with van der Waals surface area (Å²) in [5, 5.41) is 0. The lowest BCUT2D eigenvalue weighted by atomic mass is 9.85. The highest BCUT2D eigenvalue weighted by molar-refractivity contribution is 6.08. The van der Waals surface area contributed by atoms with Gasteiger partial charge in [0.2, 0.25) is 5.78 Å². The number of piperidine rings is 1. The number of nitrogens with one attached hydrogen (secondary N) is 1. The van der Waals surface area contributed by atoms with Gasteiger partial charge in [-0.05, 0) is 43.5 Å². The highest BCUT2D eigenvalue weighted by Gasteiger charge is 2.50. The Labute approximate surface area is 186 Å². The minimum absolute atomic E-state index is 0.0894. The lowest BCUT2D eigenvalue weighted by Gasteiger charge is -2.36. The number of ketones is 1.